The molecule has 21 heavy (non-hydrogen) atoms. The van der Waals surface area contributed by atoms with E-state index in [1.165, 1.54) is 7.11 Å². The van der Waals surface area contributed by atoms with E-state index in [0.717, 1.165) is 5.56 Å². The van der Waals surface area contributed by atoms with E-state index in [1.54, 1.807) is 29.0 Å². The van der Waals surface area contributed by atoms with E-state index in [-0.39, 0.29) is 5.91 Å². The molecule has 5 nitrogen and oxygen atoms in total. The first-order chi connectivity index (χ1) is 9.96. The first kappa shape index (κ1) is 15.3. The number of rotatable bonds is 4. The van der Waals surface area contributed by atoms with E-state index in [0.29, 0.717) is 34.4 Å². The summed E-state index contributed by atoms with van der Waals surface area (Å²) in [6, 6.07) is 5.11. The number of halogens is 1. The number of hydrogen-bond acceptors (Lipinski definition) is 3. The van der Waals surface area contributed by atoms with Crippen LogP contribution < -0.4 is 15.8 Å². The van der Waals surface area contributed by atoms with Crippen molar-refractivity contribution in [3.05, 3.63) is 40.7 Å². The third-order valence-corrected chi connectivity index (χ3v) is 3.63. The minimum Gasteiger partial charge on any atom is -0.495 e. The van der Waals surface area contributed by atoms with Gasteiger partial charge in [0.1, 0.15) is 11.4 Å². The van der Waals surface area contributed by atoms with Crippen molar-refractivity contribution >= 4 is 28.9 Å². The van der Waals surface area contributed by atoms with Gasteiger partial charge in [-0.15, -0.1) is 0 Å². The zero-order valence-electron chi connectivity index (χ0n) is 12.2. The molecule has 0 saturated carbocycles. The highest BCUT2D eigenvalue weighted by molar-refractivity contribution is 6.31. The number of nitrogens with one attached hydrogen (secondary N) is 1. The van der Waals surface area contributed by atoms with Crippen molar-refractivity contribution in [3.63, 3.8) is 0 Å². The van der Waals surface area contributed by atoms with Gasteiger partial charge in [-0.1, -0.05) is 11.6 Å². The molecule has 1 heterocycles. The summed E-state index contributed by atoms with van der Waals surface area (Å²) in [5, 5.41) is 3.42. The molecule has 0 radical (unpaired) electrons. The molecule has 0 saturated heterocycles. The molecule has 0 aliphatic heterocycles. The smallest absolute Gasteiger partial charge is 0.272 e. The second-order valence-electron chi connectivity index (χ2n) is 4.70. The molecule has 0 aliphatic carbocycles. The van der Waals surface area contributed by atoms with Gasteiger partial charge in [0.05, 0.1) is 18.5 Å². The van der Waals surface area contributed by atoms with Crippen LogP contribution in [0.1, 0.15) is 23.0 Å². The fourth-order valence-corrected chi connectivity index (χ4v) is 2.25. The van der Waals surface area contributed by atoms with Crippen LogP contribution in [0.15, 0.2) is 24.4 Å². The highest BCUT2D eigenvalue weighted by atomic mass is 35.5. The Kier molecular flexibility index (Phi) is 4.43. The number of hydrogen-bond donors (Lipinski definition) is 2. The van der Waals surface area contributed by atoms with Crippen molar-refractivity contribution in [1.82, 2.24) is 4.57 Å². The number of nitrogens with two attached hydrogens (primary N) is 1. The van der Waals surface area contributed by atoms with Crippen molar-refractivity contribution < 1.29 is 9.53 Å². The summed E-state index contributed by atoms with van der Waals surface area (Å²) in [5.74, 6) is 0.273. The van der Waals surface area contributed by atoms with Crippen LogP contribution in [-0.2, 0) is 6.54 Å². The normalized spacial score (nSPS) is 10.5. The molecule has 2 aromatic rings. The van der Waals surface area contributed by atoms with E-state index in [9.17, 15) is 4.79 Å². The van der Waals surface area contributed by atoms with E-state index < -0.39 is 0 Å². The Hall–Kier alpha value is -2.14. The van der Waals surface area contributed by atoms with Crippen molar-refractivity contribution in [2.24, 2.45) is 0 Å². The number of carbonyl (C=O) groups excluding carboxylic acids is 1. The summed E-state index contributed by atoms with van der Waals surface area (Å²) in [6.07, 6.45) is 1.74. The molecule has 0 atom stereocenters. The van der Waals surface area contributed by atoms with Gasteiger partial charge in [-0.05, 0) is 31.5 Å². The Bertz CT molecular complexity index is 680. The van der Waals surface area contributed by atoms with E-state index in [1.807, 2.05) is 13.8 Å². The first-order valence-electron chi connectivity index (χ1n) is 6.57. The zero-order valence-corrected chi connectivity index (χ0v) is 13.0. The Morgan fingerprint density at radius 2 is 2.14 bits per heavy atom. The zero-order chi connectivity index (χ0) is 15.6. The average Bonchev–Trinajstić information content (AvgIpc) is 2.83. The number of aromatic nitrogens is 1. The molecule has 6 heteroatoms. The average molecular weight is 308 g/mol. The van der Waals surface area contributed by atoms with Crippen molar-refractivity contribution in [2.75, 3.05) is 18.2 Å². The minimum atomic E-state index is -0.242. The third kappa shape index (κ3) is 3.13. The number of carbonyl (C=O) groups is 1. The number of methoxy groups -OCH3 is 1. The van der Waals surface area contributed by atoms with E-state index in [2.05, 4.69) is 5.32 Å². The summed E-state index contributed by atoms with van der Waals surface area (Å²) in [6.45, 7) is 4.48. The standard InChI is InChI=1S/C15H18ClN3O2/c1-4-19-8-10(17)6-13(19)15(20)18-12-5-9(2)11(16)7-14(12)21-3/h5-8H,4,17H2,1-3H3,(H,18,20). The monoisotopic (exact) mass is 307 g/mol. The maximum absolute atomic E-state index is 12.4. The molecule has 0 fully saturated rings. The molecule has 112 valence electrons. The van der Waals surface area contributed by atoms with Gasteiger partial charge in [0.25, 0.3) is 5.91 Å². The Morgan fingerprint density at radius 1 is 1.43 bits per heavy atom. The molecule has 0 unspecified atom stereocenters. The van der Waals surface area contributed by atoms with Crippen LogP contribution >= 0.6 is 11.6 Å². The Labute approximate surface area is 128 Å². The maximum atomic E-state index is 12.4. The minimum absolute atomic E-state index is 0.242. The van der Waals surface area contributed by atoms with Crippen LogP contribution in [0.3, 0.4) is 0 Å². The quantitative estimate of drug-likeness (QED) is 0.910. The Balaban J connectivity index is 2.33. The molecular weight excluding hydrogens is 290 g/mol. The third-order valence-electron chi connectivity index (χ3n) is 3.22. The fourth-order valence-electron chi connectivity index (χ4n) is 2.10. The fraction of sp³-hybridized carbons (Fsp3) is 0.267. The van der Waals surface area contributed by atoms with Gasteiger partial charge in [-0.3, -0.25) is 4.79 Å². The lowest BCUT2D eigenvalue weighted by molar-refractivity contribution is 0.101. The topological polar surface area (TPSA) is 69.3 Å². The lowest BCUT2D eigenvalue weighted by Gasteiger charge is -2.13. The second kappa shape index (κ2) is 6.10. The molecule has 0 aliphatic rings. The number of nitrogens with zero attached hydrogens (tertiary/aromatic N) is 1. The summed E-state index contributed by atoms with van der Waals surface area (Å²) >= 11 is 6.06. The van der Waals surface area contributed by atoms with Crippen molar-refractivity contribution in [1.29, 1.82) is 0 Å². The predicted octanol–water partition coefficient (Wildman–Crippen LogP) is 3.31. The highest BCUT2D eigenvalue weighted by Gasteiger charge is 2.15. The summed E-state index contributed by atoms with van der Waals surface area (Å²) in [7, 11) is 1.53. The SMILES string of the molecule is CCn1cc(N)cc1C(=O)Nc1cc(C)c(Cl)cc1OC. The molecule has 1 aromatic heterocycles. The van der Waals surface area contributed by atoms with Gasteiger partial charge in [0, 0.05) is 23.8 Å². The van der Waals surface area contributed by atoms with Gasteiger partial charge < -0.3 is 20.4 Å². The molecule has 0 bridgehead atoms. The number of anilines is 2. The summed E-state index contributed by atoms with van der Waals surface area (Å²) in [4.78, 5) is 12.4. The molecule has 0 spiro atoms. The number of nitrogen functional groups attached to an aromatic ring is 1. The summed E-state index contributed by atoms with van der Waals surface area (Å²) in [5.41, 5.74) is 8.24. The molecule has 3 N–H and O–H groups in total. The predicted molar refractivity (Wildman–Crippen MR) is 85.2 cm³/mol. The highest BCUT2D eigenvalue weighted by Crippen LogP contribution is 2.31. The van der Waals surface area contributed by atoms with E-state index in [4.69, 9.17) is 22.1 Å². The lowest BCUT2D eigenvalue weighted by atomic mass is 10.2. The largest absolute Gasteiger partial charge is 0.495 e. The van der Waals surface area contributed by atoms with Crippen molar-refractivity contribution in [3.8, 4) is 5.75 Å². The number of benzene rings is 1. The number of ether oxygens (including phenoxy) is 1. The van der Waals surface area contributed by atoms with Gasteiger partial charge in [0.15, 0.2) is 0 Å². The maximum Gasteiger partial charge on any atom is 0.272 e. The van der Waals surface area contributed by atoms with Gasteiger partial charge in [-0.25, -0.2) is 0 Å². The molecule has 2 rings (SSSR count). The summed E-state index contributed by atoms with van der Waals surface area (Å²) < 4.78 is 7.04. The van der Waals surface area contributed by atoms with Gasteiger partial charge >= 0.3 is 0 Å². The molecule has 1 aromatic carbocycles. The number of amides is 1. The van der Waals surface area contributed by atoms with Gasteiger partial charge in [0.2, 0.25) is 0 Å². The Morgan fingerprint density at radius 3 is 2.76 bits per heavy atom. The van der Waals surface area contributed by atoms with Crippen LogP contribution in [0.4, 0.5) is 11.4 Å². The van der Waals surface area contributed by atoms with Crippen LogP contribution in [-0.4, -0.2) is 17.6 Å². The van der Waals surface area contributed by atoms with Crippen LogP contribution in [0.25, 0.3) is 0 Å². The second-order valence-corrected chi connectivity index (χ2v) is 5.11. The number of aryl methyl sites for hydroxylation is 2. The molecule has 1 amide bonds. The first-order valence-corrected chi connectivity index (χ1v) is 6.95. The van der Waals surface area contributed by atoms with E-state index >= 15 is 0 Å². The van der Waals surface area contributed by atoms with Crippen molar-refractivity contribution in [2.45, 2.75) is 20.4 Å². The molecular formula is C15H18ClN3O2. The van der Waals surface area contributed by atoms with Crippen LogP contribution in [0.2, 0.25) is 5.02 Å². The lowest BCUT2D eigenvalue weighted by Crippen LogP contribution is -2.17. The van der Waals surface area contributed by atoms with Crippen LogP contribution in [0, 0.1) is 6.92 Å². The van der Waals surface area contributed by atoms with Gasteiger partial charge in [-0.2, -0.15) is 0 Å². The van der Waals surface area contributed by atoms with Crippen LogP contribution in [0.5, 0.6) is 5.75 Å².